The van der Waals surface area contributed by atoms with Gasteiger partial charge in [-0.3, -0.25) is 4.79 Å². The fraction of sp³-hybridized carbons (Fsp3) is 0.133. The number of carbonyl (C=O) groups excluding carboxylic acids is 1. The number of ether oxygens (including phenoxy) is 2. The van der Waals surface area contributed by atoms with Crippen molar-refractivity contribution in [2.24, 2.45) is 0 Å². The van der Waals surface area contributed by atoms with Gasteiger partial charge in [0.05, 0.1) is 12.0 Å². The maximum absolute atomic E-state index is 11.9. The summed E-state index contributed by atoms with van der Waals surface area (Å²) in [6.07, 6.45) is 4.55. The fourth-order valence-corrected chi connectivity index (χ4v) is 2.30. The van der Waals surface area contributed by atoms with Crippen molar-refractivity contribution >= 4 is 33.6 Å². The number of hydrogen-bond donors (Lipinski definition) is 1. The first-order valence-corrected chi connectivity index (χ1v) is 7.13. The molecule has 0 saturated carbocycles. The maximum Gasteiger partial charge on any atom is 0.248 e. The van der Waals surface area contributed by atoms with E-state index in [4.69, 9.17) is 13.9 Å². The summed E-state index contributed by atoms with van der Waals surface area (Å²) in [5.74, 6) is 1.64. The van der Waals surface area contributed by atoms with Crippen LogP contribution < -0.4 is 14.8 Å². The number of amides is 1. The predicted molar refractivity (Wildman–Crippen MR) is 81.5 cm³/mol. The Morgan fingerprint density at radius 2 is 2.00 bits per heavy atom. The average Bonchev–Trinajstić information content (AvgIpc) is 2.99. The molecule has 0 bridgehead atoms. The van der Waals surface area contributed by atoms with Gasteiger partial charge in [0.25, 0.3) is 0 Å². The van der Waals surface area contributed by atoms with Crippen LogP contribution in [0.4, 0.5) is 5.69 Å². The van der Waals surface area contributed by atoms with Gasteiger partial charge in [0.2, 0.25) is 5.91 Å². The van der Waals surface area contributed by atoms with Gasteiger partial charge in [0.15, 0.2) is 11.5 Å². The summed E-state index contributed by atoms with van der Waals surface area (Å²) < 4.78 is 16.8. The molecule has 108 valence electrons. The van der Waals surface area contributed by atoms with Gasteiger partial charge in [0, 0.05) is 22.7 Å². The normalized spacial score (nSPS) is 13.4. The second-order valence-corrected chi connectivity index (χ2v) is 5.17. The number of fused-ring (bicyclic) bond motifs is 1. The summed E-state index contributed by atoms with van der Waals surface area (Å²) >= 11 is 3.40. The van der Waals surface area contributed by atoms with Crippen LogP contribution in [-0.4, -0.2) is 19.1 Å². The minimum absolute atomic E-state index is 0.260. The molecule has 1 aliphatic rings. The highest BCUT2D eigenvalue weighted by molar-refractivity contribution is 9.10. The standard InChI is InChI=1S/C15H12BrNO4/c16-11-8-13-14(21-7-6-20-13)9-12(11)17-15(18)4-3-10-2-1-5-19-10/h1-5,8-9H,6-7H2,(H,17,18). The highest BCUT2D eigenvalue weighted by Crippen LogP contribution is 2.38. The molecule has 2 heterocycles. The minimum atomic E-state index is -0.260. The lowest BCUT2D eigenvalue weighted by atomic mass is 10.2. The molecule has 0 unspecified atom stereocenters. The Morgan fingerprint density at radius 1 is 1.24 bits per heavy atom. The number of hydrogen-bond acceptors (Lipinski definition) is 4. The summed E-state index contributed by atoms with van der Waals surface area (Å²) in [6, 6.07) is 7.04. The molecule has 2 aromatic rings. The van der Waals surface area contributed by atoms with Crippen molar-refractivity contribution in [3.8, 4) is 11.5 Å². The topological polar surface area (TPSA) is 60.7 Å². The lowest BCUT2D eigenvalue weighted by Crippen LogP contribution is -2.16. The van der Waals surface area contributed by atoms with Gasteiger partial charge in [-0.05, 0) is 34.1 Å². The molecule has 6 heteroatoms. The van der Waals surface area contributed by atoms with Crippen LogP contribution in [-0.2, 0) is 4.79 Å². The van der Waals surface area contributed by atoms with Crippen molar-refractivity contribution in [1.29, 1.82) is 0 Å². The second-order valence-electron chi connectivity index (χ2n) is 4.31. The van der Waals surface area contributed by atoms with Crippen LogP contribution in [0.2, 0.25) is 0 Å². The van der Waals surface area contributed by atoms with Crippen molar-refractivity contribution in [3.05, 3.63) is 46.8 Å². The smallest absolute Gasteiger partial charge is 0.248 e. The average molecular weight is 350 g/mol. The number of rotatable bonds is 3. The molecule has 1 aromatic carbocycles. The quantitative estimate of drug-likeness (QED) is 0.862. The zero-order valence-corrected chi connectivity index (χ0v) is 12.6. The zero-order chi connectivity index (χ0) is 14.7. The van der Waals surface area contributed by atoms with E-state index in [0.29, 0.717) is 36.2 Å². The van der Waals surface area contributed by atoms with Crippen molar-refractivity contribution < 1.29 is 18.7 Å². The van der Waals surface area contributed by atoms with Crippen LogP contribution in [0.1, 0.15) is 5.76 Å². The molecule has 0 atom stereocenters. The summed E-state index contributed by atoms with van der Waals surface area (Å²) in [4.78, 5) is 11.9. The van der Waals surface area contributed by atoms with Crippen LogP contribution in [0.3, 0.4) is 0 Å². The summed E-state index contributed by atoms with van der Waals surface area (Å²) in [6.45, 7) is 1.03. The van der Waals surface area contributed by atoms with Crippen molar-refractivity contribution in [1.82, 2.24) is 0 Å². The third kappa shape index (κ3) is 3.28. The Labute approximate surface area is 129 Å². The Morgan fingerprint density at radius 3 is 2.71 bits per heavy atom. The van der Waals surface area contributed by atoms with Gasteiger partial charge in [-0.25, -0.2) is 0 Å². The Kier molecular flexibility index (Phi) is 3.96. The van der Waals surface area contributed by atoms with Crippen LogP contribution >= 0.6 is 15.9 Å². The monoisotopic (exact) mass is 349 g/mol. The van der Waals surface area contributed by atoms with E-state index in [1.165, 1.54) is 6.08 Å². The molecular formula is C15H12BrNO4. The van der Waals surface area contributed by atoms with Crippen LogP contribution in [0, 0.1) is 0 Å². The van der Waals surface area contributed by atoms with Gasteiger partial charge in [-0.15, -0.1) is 0 Å². The van der Waals surface area contributed by atoms with E-state index in [0.717, 1.165) is 4.47 Å². The zero-order valence-electron chi connectivity index (χ0n) is 11.0. The SMILES string of the molecule is O=C(C=Cc1ccco1)Nc1cc2c(cc1Br)OCCO2. The molecule has 1 aliphatic heterocycles. The molecule has 5 nitrogen and oxygen atoms in total. The number of anilines is 1. The van der Waals surface area contributed by atoms with Gasteiger partial charge < -0.3 is 19.2 Å². The van der Waals surface area contributed by atoms with E-state index in [2.05, 4.69) is 21.2 Å². The van der Waals surface area contributed by atoms with Crippen molar-refractivity contribution in [3.63, 3.8) is 0 Å². The minimum Gasteiger partial charge on any atom is -0.486 e. The number of carbonyl (C=O) groups is 1. The molecule has 0 fully saturated rings. The fourth-order valence-electron chi connectivity index (χ4n) is 1.88. The molecule has 1 N–H and O–H groups in total. The molecule has 0 aliphatic carbocycles. The summed E-state index contributed by atoms with van der Waals surface area (Å²) in [7, 11) is 0. The van der Waals surface area contributed by atoms with Gasteiger partial charge >= 0.3 is 0 Å². The Hall–Kier alpha value is -2.21. The Bertz CT molecular complexity index is 679. The molecule has 0 radical (unpaired) electrons. The summed E-state index contributed by atoms with van der Waals surface area (Å²) in [5.41, 5.74) is 0.619. The van der Waals surface area contributed by atoms with Crippen molar-refractivity contribution in [2.75, 3.05) is 18.5 Å². The Balaban J connectivity index is 1.73. The predicted octanol–water partition coefficient (Wildman–Crippen LogP) is 3.47. The largest absolute Gasteiger partial charge is 0.486 e. The first kappa shape index (κ1) is 13.8. The van der Waals surface area contributed by atoms with E-state index in [9.17, 15) is 4.79 Å². The molecule has 0 saturated heterocycles. The lowest BCUT2D eigenvalue weighted by Gasteiger charge is -2.19. The van der Waals surface area contributed by atoms with E-state index in [-0.39, 0.29) is 5.91 Å². The van der Waals surface area contributed by atoms with E-state index in [1.54, 1.807) is 36.6 Å². The lowest BCUT2D eigenvalue weighted by molar-refractivity contribution is -0.111. The van der Waals surface area contributed by atoms with Crippen LogP contribution in [0.25, 0.3) is 6.08 Å². The van der Waals surface area contributed by atoms with Gasteiger partial charge in [0.1, 0.15) is 19.0 Å². The number of furan rings is 1. The van der Waals surface area contributed by atoms with E-state index in [1.807, 2.05) is 0 Å². The molecule has 1 aromatic heterocycles. The van der Waals surface area contributed by atoms with E-state index >= 15 is 0 Å². The highest BCUT2D eigenvalue weighted by Gasteiger charge is 2.15. The first-order chi connectivity index (χ1) is 10.2. The van der Waals surface area contributed by atoms with Gasteiger partial charge in [-0.1, -0.05) is 0 Å². The molecule has 0 spiro atoms. The van der Waals surface area contributed by atoms with Crippen LogP contribution in [0.5, 0.6) is 11.5 Å². The van der Waals surface area contributed by atoms with Gasteiger partial charge in [-0.2, -0.15) is 0 Å². The molecule has 3 rings (SSSR count). The molecule has 1 amide bonds. The maximum atomic E-state index is 11.9. The number of halogens is 1. The molecular weight excluding hydrogens is 338 g/mol. The third-order valence-electron chi connectivity index (χ3n) is 2.83. The first-order valence-electron chi connectivity index (χ1n) is 6.34. The number of benzene rings is 1. The van der Waals surface area contributed by atoms with E-state index < -0.39 is 0 Å². The van der Waals surface area contributed by atoms with Crippen molar-refractivity contribution in [2.45, 2.75) is 0 Å². The second kappa shape index (κ2) is 6.05. The number of nitrogens with one attached hydrogen (secondary N) is 1. The molecule has 21 heavy (non-hydrogen) atoms. The highest BCUT2D eigenvalue weighted by atomic mass is 79.9. The van der Waals surface area contributed by atoms with Crippen LogP contribution in [0.15, 0.2) is 45.5 Å². The third-order valence-corrected chi connectivity index (χ3v) is 3.49. The summed E-state index contributed by atoms with van der Waals surface area (Å²) in [5, 5.41) is 2.77.